The fraction of sp³-hybridized carbons (Fsp3) is 0.545. The zero-order chi connectivity index (χ0) is 10.7. The van der Waals surface area contributed by atoms with E-state index >= 15 is 0 Å². The van der Waals surface area contributed by atoms with Crippen molar-refractivity contribution < 1.29 is 0 Å². The van der Waals surface area contributed by atoms with Gasteiger partial charge in [0.25, 0.3) is 0 Å². The average Bonchev–Trinajstić information content (AvgIpc) is 2.25. The lowest BCUT2D eigenvalue weighted by molar-refractivity contribution is 0.461. The summed E-state index contributed by atoms with van der Waals surface area (Å²) < 4.78 is 1.14. The Labute approximate surface area is 109 Å². The van der Waals surface area contributed by atoms with Crippen LogP contribution in [-0.4, -0.2) is 11.0 Å². The predicted molar refractivity (Wildman–Crippen MR) is 72.5 cm³/mol. The number of rotatable bonds is 2. The van der Waals surface area contributed by atoms with Crippen LogP contribution in [0.4, 0.5) is 5.82 Å². The molecule has 2 rings (SSSR count). The Morgan fingerprint density at radius 1 is 1.27 bits per heavy atom. The van der Waals surface area contributed by atoms with Crippen molar-refractivity contribution in [3.8, 4) is 0 Å². The molecule has 1 fully saturated rings. The molecule has 1 aliphatic rings. The molecule has 0 spiro atoms. The molecule has 0 amide bonds. The molecule has 0 unspecified atom stereocenters. The third-order valence-electron chi connectivity index (χ3n) is 2.76. The van der Waals surface area contributed by atoms with E-state index in [0.29, 0.717) is 11.2 Å². The van der Waals surface area contributed by atoms with E-state index in [9.17, 15) is 0 Å². The molecule has 1 heterocycles. The Morgan fingerprint density at radius 3 is 2.73 bits per heavy atom. The van der Waals surface area contributed by atoms with Gasteiger partial charge < -0.3 is 5.32 Å². The van der Waals surface area contributed by atoms with Crippen LogP contribution in [0.2, 0.25) is 5.15 Å². The van der Waals surface area contributed by atoms with Crippen LogP contribution in [0.5, 0.6) is 0 Å². The van der Waals surface area contributed by atoms with Crippen LogP contribution in [0, 0.1) is 3.57 Å². The molecule has 0 radical (unpaired) electrons. The summed E-state index contributed by atoms with van der Waals surface area (Å²) in [5, 5.41) is 4.05. The Kier molecular flexibility index (Phi) is 4.08. The molecule has 4 heteroatoms. The Morgan fingerprint density at radius 2 is 2.00 bits per heavy atom. The molecule has 0 aromatic carbocycles. The predicted octanol–water partition coefficient (Wildman–Crippen LogP) is 4.08. The van der Waals surface area contributed by atoms with Crippen molar-refractivity contribution in [2.75, 3.05) is 5.32 Å². The van der Waals surface area contributed by atoms with Crippen molar-refractivity contribution in [3.05, 3.63) is 20.9 Å². The largest absolute Gasteiger partial charge is 0.366 e. The first kappa shape index (κ1) is 11.5. The minimum absolute atomic E-state index is 0.564. The zero-order valence-electron chi connectivity index (χ0n) is 8.47. The lowest BCUT2D eigenvalue weighted by atomic mass is 9.95. The van der Waals surface area contributed by atoms with Crippen molar-refractivity contribution in [1.82, 2.24) is 4.98 Å². The van der Waals surface area contributed by atoms with E-state index in [4.69, 9.17) is 11.6 Å². The van der Waals surface area contributed by atoms with E-state index in [1.807, 2.05) is 12.1 Å². The number of aromatic nitrogens is 1. The van der Waals surface area contributed by atoms with Gasteiger partial charge in [-0.1, -0.05) is 30.9 Å². The van der Waals surface area contributed by atoms with E-state index in [0.717, 1.165) is 9.39 Å². The normalized spacial score (nSPS) is 17.7. The van der Waals surface area contributed by atoms with Gasteiger partial charge in [-0.05, 0) is 47.6 Å². The van der Waals surface area contributed by atoms with E-state index < -0.39 is 0 Å². The number of hydrogen-bond acceptors (Lipinski definition) is 2. The summed E-state index contributed by atoms with van der Waals surface area (Å²) in [7, 11) is 0. The third kappa shape index (κ3) is 3.21. The number of nitrogens with one attached hydrogen (secondary N) is 1. The molecule has 1 saturated carbocycles. The van der Waals surface area contributed by atoms with Crippen LogP contribution in [0.3, 0.4) is 0 Å². The standard InChI is InChI=1S/C11H14ClIN2/c12-10-7-6-9(13)11(15-10)14-8-4-2-1-3-5-8/h6-8H,1-5H2,(H,14,15). The summed E-state index contributed by atoms with van der Waals surface area (Å²) in [5.41, 5.74) is 0. The van der Waals surface area contributed by atoms with Gasteiger partial charge in [0, 0.05) is 6.04 Å². The summed E-state index contributed by atoms with van der Waals surface area (Å²) in [4.78, 5) is 4.31. The minimum atomic E-state index is 0.564. The van der Waals surface area contributed by atoms with Crippen LogP contribution < -0.4 is 5.32 Å². The van der Waals surface area contributed by atoms with Crippen molar-refractivity contribution >= 4 is 40.0 Å². The highest BCUT2D eigenvalue weighted by atomic mass is 127. The Bertz CT molecular complexity index is 337. The molecule has 1 N–H and O–H groups in total. The second-order valence-electron chi connectivity index (χ2n) is 3.94. The highest BCUT2D eigenvalue weighted by Crippen LogP contribution is 2.24. The summed E-state index contributed by atoms with van der Waals surface area (Å²) >= 11 is 8.17. The van der Waals surface area contributed by atoms with Crippen molar-refractivity contribution in [2.45, 2.75) is 38.1 Å². The van der Waals surface area contributed by atoms with Crippen LogP contribution in [-0.2, 0) is 0 Å². The SMILES string of the molecule is Clc1ccc(I)c(NC2CCCCC2)n1. The van der Waals surface area contributed by atoms with E-state index in [2.05, 4.69) is 32.9 Å². The first-order valence-corrected chi connectivity index (χ1v) is 6.80. The molecule has 1 aromatic rings. The molecule has 0 aliphatic heterocycles. The summed E-state index contributed by atoms with van der Waals surface area (Å²) in [6, 6.07) is 4.41. The minimum Gasteiger partial charge on any atom is -0.366 e. The summed E-state index contributed by atoms with van der Waals surface area (Å²) in [6.45, 7) is 0. The number of pyridine rings is 1. The zero-order valence-corrected chi connectivity index (χ0v) is 11.4. The maximum absolute atomic E-state index is 5.88. The van der Waals surface area contributed by atoms with Gasteiger partial charge in [-0.3, -0.25) is 0 Å². The smallest absolute Gasteiger partial charge is 0.141 e. The molecule has 82 valence electrons. The van der Waals surface area contributed by atoms with Crippen molar-refractivity contribution in [3.63, 3.8) is 0 Å². The number of halogens is 2. The van der Waals surface area contributed by atoms with Gasteiger partial charge in [0.15, 0.2) is 0 Å². The quantitative estimate of drug-likeness (QED) is 0.650. The van der Waals surface area contributed by atoms with Gasteiger partial charge in [0.2, 0.25) is 0 Å². The van der Waals surface area contributed by atoms with Gasteiger partial charge in [0.05, 0.1) is 3.57 Å². The Hall–Kier alpha value is -0.0300. The van der Waals surface area contributed by atoms with Gasteiger partial charge in [0.1, 0.15) is 11.0 Å². The molecule has 1 aromatic heterocycles. The monoisotopic (exact) mass is 336 g/mol. The lowest BCUT2D eigenvalue weighted by Crippen LogP contribution is -2.23. The topological polar surface area (TPSA) is 24.9 Å². The Balaban J connectivity index is 2.05. The van der Waals surface area contributed by atoms with Crippen LogP contribution in [0.25, 0.3) is 0 Å². The highest BCUT2D eigenvalue weighted by molar-refractivity contribution is 14.1. The first-order valence-electron chi connectivity index (χ1n) is 5.34. The van der Waals surface area contributed by atoms with E-state index in [1.54, 1.807) is 0 Å². The number of nitrogens with zero attached hydrogens (tertiary/aromatic N) is 1. The highest BCUT2D eigenvalue weighted by Gasteiger charge is 2.14. The summed E-state index contributed by atoms with van der Waals surface area (Å²) in [5.74, 6) is 0.940. The molecular weight excluding hydrogens is 322 g/mol. The molecule has 15 heavy (non-hydrogen) atoms. The van der Waals surface area contributed by atoms with Crippen LogP contribution in [0.1, 0.15) is 32.1 Å². The molecule has 0 atom stereocenters. The maximum atomic E-state index is 5.88. The second-order valence-corrected chi connectivity index (χ2v) is 5.49. The second kappa shape index (κ2) is 5.34. The fourth-order valence-corrected chi connectivity index (χ4v) is 2.56. The van der Waals surface area contributed by atoms with Crippen molar-refractivity contribution in [2.24, 2.45) is 0 Å². The molecule has 0 saturated heterocycles. The van der Waals surface area contributed by atoms with Gasteiger partial charge >= 0.3 is 0 Å². The molecule has 0 bridgehead atoms. The molecule has 1 aliphatic carbocycles. The van der Waals surface area contributed by atoms with Crippen LogP contribution >= 0.6 is 34.2 Å². The van der Waals surface area contributed by atoms with Gasteiger partial charge in [-0.25, -0.2) is 4.98 Å². The first-order chi connectivity index (χ1) is 7.25. The van der Waals surface area contributed by atoms with E-state index in [-0.39, 0.29) is 0 Å². The maximum Gasteiger partial charge on any atom is 0.141 e. The number of anilines is 1. The van der Waals surface area contributed by atoms with Gasteiger partial charge in [-0.2, -0.15) is 0 Å². The van der Waals surface area contributed by atoms with Crippen LogP contribution in [0.15, 0.2) is 12.1 Å². The molecule has 2 nitrogen and oxygen atoms in total. The fourth-order valence-electron chi connectivity index (χ4n) is 1.96. The molecular formula is C11H14ClIN2. The summed E-state index contributed by atoms with van der Waals surface area (Å²) in [6.07, 6.45) is 6.54. The van der Waals surface area contributed by atoms with E-state index in [1.165, 1.54) is 32.1 Å². The van der Waals surface area contributed by atoms with Gasteiger partial charge in [-0.15, -0.1) is 0 Å². The average molecular weight is 337 g/mol. The lowest BCUT2D eigenvalue weighted by Gasteiger charge is -2.23. The number of hydrogen-bond donors (Lipinski definition) is 1. The van der Waals surface area contributed by atoms with Crippen molar-refractivity contribution in [1.29, 1.82) is 0 Å². The third-order valence-corrected chi connectivity index (χ3v) is 3.84.